The minimum atomic E-state index is -0.558. The second-order valence-electron chi connectivity index (χ2n) is 5.43. The van der Waals surface area contributed by atoms with E-state index in [0.717, 1.165) is 13.0 Å². The lowest BCUT2D eigenvalue weighted by Gasteiger charge is -2.30. The molecular weight excluding hydrogens is 228 g/mol. The van der Waals surface area contributed by atoms with E-state index in [9.17, 15) is 4.79 Å². The van der Waals surface area contributed by atoms with Gasteiger partial charge in [0.2, 0.25) is 0 Å². The molecule has 18 heavy (non-hydrogen) atoms. The molecule has 1 rings (SSSR count). The molecule has 0 aromatic rings. The zero-order chi connectivity index (χ0) is 13.4. The first kappa shape index (κ1) is 15.4. The van der Waals surface area contributed by atoms with Crippen LogP contribution in [0.2, 0.25) is 0 Å². The van der Waals surface area contributed by atoms with Crippen LogP contribution in [0.4, 0.5) is 0 Å². The van der Waals surface area contributed by atoms with Crippen LogP contribution in [-0.4, -0.2) is 50.2 Å². The van der Waals surface area contributed by atoms with Crippen molar-refractivity contribution in [3.05, 3.63) is 0 Å². The molecule has 1 aliphatic rings. The summed E-state index contributed by atoms with van der Waals surface area (Å²) in [5.74, 6) is -0.169. The Labute approximate surface area is 111 Å². The standard InChI is InChI=1S/C14H28N2O2/c1-14(15-2,13(17)18-3)9-12-16-10-7-5-4-6-8-11-16/h15H,4-12H2,1-3H3. The van der Waals surface area contributed by atoms with Gasteiger partial charge >= 0.3 is 5.97 Å². The van der Waals surface area contributed by atoms with E-state index in [1.54, 1.807) is 0 Å². The maximum atomic E-state index is 11.8. The molecule has 1 N–H and O–H groups in total. The number of carbonyl (C=O) groups excluding carboxylic acids is 1. The van der Waals surface area contributed by atoms with Crippen molar-refractivity contribution in [1.82, 2.24) is 10.2 Å². The fraction of sp³-hybridized carbons (Fsp3) is 0.929. The number of ether oxygens (including phenoxy) is 1. The van der Waals surface area contributed by atoms with Gasteiger partial charge in [-0.05, 0) is 46.3 Å². The zero-order valence-corrected chi connectivity index (χ0v) is 12.1. The number of rotatable bonds is 5. The van der Waals surface area contributed by atoms with Crippen molar-refractivity contribution in [3.63, 3.8) is 0 Å². The first-order valence-electron chi connectivity index (χ1n) is 7.12. The summed E-state index contributed by atoms with van der Waals surface area (Å²) in [7, 11) is 3.28. The number of nitrogens with zero attached hydrogens (tertiary/aromatic N) is 1. The van der Waals surface area contributed by atoms with Gasteiger partial charge in [-0.25, -0.2) is 0 Å². The second-order valence-corrected chi connectivity index (χ2v) is 5.43. The van der Waals surface area contributed by atoms with Crippen LogP contribution in [0.3, 0.4) is 0 Å². The van der Waals surface area contributed by atoms with E-state index < -0.39 is 5.54 Å². The Balaban J connectivity index is 2.42. The summed E-state index contributed by atoms with van der Waals surface area (Å²) >= 11 is 0. The van der Waals surface area contributed by atoms with Gasteiger partial charge in [0, 0.05) is 6.54 Å². The van der Waals surface area contributed by atoms with Gasteiger partial charge in [0.15, 0.2) is 0 Å². The molecule has 0 bridgehead atoms. The normalized spacial score (nSPS) is 21.7. The van der Waals surface area contributed by atoms with Gasteiger partial charge in [0.1, 0.15) is 5.54 Å². The van der Waals surface area contributed by atoms with Crippen LogP contribution in [0.5, 0.6) is 0 Å². The minimum Gasteiger partial charge on any atom is -0.468 e. The Kier molecular flexibility index (Phi) is 6.65. The van der Waals surface area contributed by atoms with E-state index >= 15 is 0 Å². The summed E-state index contributed by atoms with van der Waals surface area (Å²) < 4.78 is 4.87. The predicted octanol–water partition coefficient (Wildman–Crippen LogP) is 1.79. The van der Waals surface area contributed by atoms with Gasteiger partial charge in [-0.2, -0.15) is 0 Å². The highest BCUT2D eigenvalue weighted by Gasteiger charge is 2.32. The first-order chi connectivity index (χ1) is 8.62. The third-order valence-corrected chi connectivity index (χ3v) is 4.06. The van der Waals surface area contributed by atoms with Crippen molar-refractivity contribution in [2.24, 2.45) is 0 Å². The Morgan fingerprint density at radius 3 is 2.28 bits per heavy atom. The zero-order valence-electron chi connectivity index (χ0n) is 12.1. The molecule has 4 nitrogen and oxygen atoms in total. The third kappa shape index (κ3) is 4.58. The molecule has 0 aromatic carbocycles. The van der Waals surface area contributed by atoms with Gasteiger partial charge in [0.05, 0.1) is 7.11 Å². The Morgan fingerprint density at radius 1 is 1.22 bits per heavy atom. The average molecular weight is 256 g/mol. The quantitative estimate of drug-likeness (QED) is 0.762. The summed E-state index contributed by atoms with van der Waals surface area (Å²) in [4.78, 5) is 14.2. The monoisotopic (exact) mass is 256 g/mol. The van der Waals surface area contributed by atoms with Crippen molar-refractivity contribution < 1.29 is 9.53 Å². The van der Waals surface area contributed by atoms with Gasteiger partial charge in [0.25, 0.3) is 0 Å². The molecule has 0 aliphatic carbocycles. The average Bonchev–Trinajstić information content (AvgIpc) is 2.36. The molecule has 4 heteroatoms. The first-order valence-corrected chi connectivity index (χ1v) is 7.12. The molecule has 0 aromatic heterocycles. The molecule has 1 heterocycles. The van der Waals surface area contributed by atoms with Crippen LogP contribution < -0.4 is 5.32 Å². The van der Waals surface area contributed by atoms with Crippen LogP contribution in [0.15, 0.2) is 0 Å². The highest BCUT2D eigenvalue weighted by molar-refractivity contribution is 5.80. The lowest BCUT2D eigenvalue weighted by atomic mass is 9.97. The van der Waals surface area contributed by atoms with E-state index in [4.69, 9.17) is 4.74 Å². The molecule has 1 unspecified atom stereocenters. The maximum Gasteiger partial charge on any atom is 0.325 e. The lowest BCUT2D eigenvalue weighted by molar-refractivity contribution is -0.148. The van der Waals surface area contributed by atoms with Crippen LogP contribution in [0.25, 0.3) is 0 Å². The van der Waals surface area contributed by atoms with Crippen LogP contribution in [0, 0.1) is 0 Å². The molecule has 1 aliphatic heterocycles. The maximum absolute atomic E-state index is 11.8. The van der Waals surface area contributed by atoms with Crippen molar-refractivity contribution in [1.29, 1.82) is 0 Å². The summed E-state index contributed by atoms with van der Waals surface area (Å²) in [6.45, 7) is 5.22. The number of likely N-dealkylation sites (tertiary alicyclic amines) is 1. The number of hydrogen-bond donors (Lipinski definition) is 1. The van der Waals surface area contributed by atoms with E-state index in [0.29, 0.717) is 0 Å². The Bertz CT molecular complexity index is 250. The van der Waals surface area contributed by atoms with E-state index in [-0.39, 0.29) is 5.97 Å². The molecule has 0 saturated carbocycles. The van der Waals surface area contributed by atoms with Crippen LogP contribution >= 0.6 is 0 Å². The van der Waals surface area contributed by atoms with E-state index in [2.05, 4.69) is 10.2 Å². The molecule has 0 radical (unpaired) electrons. The largest absolute Gasteiger partial charge is 0.468 e. The molecular formula is C14H28N2O2. The number of esters is 1. The van der Waals surface area contributed by atoms with Crippen molar-refractivity contribution in [3.8, 4) is 0 Å². The summed E-state index contributed by atoms with van der Waals surface area (Å²) in [6.07, 6.45) is 7.44. The summed E-state index contributed by atoms with van der Waals surface area (Å²) in [5.41, 5.74) is -0.558. The molecule has 1 fully saturated rings. The van der Waals surface area contributed by atoms with Gasteiger partial charge in [-0.1, -0.05) is 19.3 Å². The fourth-order valence-electron chi connectivity index (χ4n) is 2.47. The predicted molar refractivity (Wildman–Crippen MR) is 73.6 cm³/mol. The number of likely N-dealkylation sites (N-methyl/N-ethyl adjacent to an activating group) is 1. The summed E-state index contributed by atoms with van der Waals surface area (Å²) in [6, 6.07) is 0. The highest BCUT2D eigenvalue weighted by atomic mass is 16.5. The smallest absolute Gasteiger partial charge is 0.325 e. The Morgan fingerprint density at radius 2 is 1.78 bits per heavy atom. The van der Waals surface area contributed by atoms with E-state index in [1.807, 2.05) is 14.0 Å². The molecule has 0 amide bonds. The topological polar surface area (TPSA) is 41.6 Å². The molecule has 1 saturated heterocycles. The molecule has 1 atom stereocenters. The van der Waals surface area contributed by atoms with Crippen LogP contribution in [0.1, 0.15) is 45.4 Å². The molecule has 0 spiro atoms. The SMILES string of the molecule is CNC(C)(CCN1CCCCCCC1)C(=O)OC. The lowest BCUT2D eigenvalue weighted by Crippen LogP contribution is -2.50. The number of nitrogens with one attached hydrogen (secondary N) is 1. The second kappa shape index (κ2) is 7.74. The number of hydrogen-bond acceptors (Lipinski definition) is 4. The Hall–Kier alpha value is -0.610. The van der Waals surface area contributed by atoms with E-state index in [1.165, 1.54) is 52.3 Å². The fourth-order valence-corrected chi connectivity index (χ4v) is 2.47. The van der Waals surface area contributed by atoms with Crippen molar-refractivity contribution in [2.45, 2.75) is 51.0 Å². The van der Waals surface area contributed by atoms with Gasteiger partial charge in [-0.15, -0.1) is 0 Å². The minimum absolute atomic E-state index is 0.169. The van der Waals surface area contributed by atoms with Crippen LogP contribution in [-0.2, 0) is 9.53 Å². The van der Waals surface area contributed by atoms with Crippen molar-refractivity contribution in [2.75, 3.05) is 33.8 Å². The third-order valence-electron chi connectivity index (χ3n) is 4.06. The number of carbonyl (C=O) groups is 1. The van der Waals surface area contributed by atoms with Gasteiger partial charge in [-0.3, -0.25) is 4.79 Å². The van der Waals surface area contributed by atoms with Crippen molar-refractivity contribution >= 4 is 5.97 Å². The molecule has 106 valence electrons. The summed E-state index contributed by atoms with van der Waals surface area (Å²) in [5, 5.41) is 3.10. The highest BCUT2D eigenvalue weighted by Crippen LogP contribution is 2.15. The number of methoxy groups -OCH3 is 1. The van der Waals surface area contributed by atoms with Gasteiger partial charge < -0.3 is 15.0 Å².